The van der Waals surface area contributed by atoms with E-state index >= 15 is 0 Å². The normalized spacial score (nSPS) is 20.3. The highest BCUT2D eigenvalue weighted by Gasteiger charge is 2.31. The summed E-state index contributed by atoms with van der Waals surface area (Å²) in [5.41, 5.74) is 1.03. The second-order valence-corrected chi connectivity index (χ2v) is 7.85. The van der Waals surface area contributed by atoms with E-state index < -0.39 is 15.7 Å². The van der Waals surface area contributed by atoms with Crippen molar-refractivity contribution in [2.45, 2.75) is 19.4 Å². The van der Waals surface area contributed by atoms with E-state index in [-0.39, 0.29) is 23.1 Å². The van der Waals surface area contributed by atoms with E-state index in [1.807, 2.05) is 0 Å². The van der Waals surface area contributed by atoms with Gasteiger partial charge < -0.3 is 0 Å². The van der Waals surface area contributed by atoms with Gasteiger partial charge in [-0.2, -0.15) is 0 Å². The van der Waals surface area contributed by atoms with E-state index in [0.29, 0.717) is 23.4 Å². The van der Waals surface area contributed by atoms with Gasteiger partial charge in [-0.3, -0.25) is 14.9 Å². The lowest BCUT2D eigenvalue weighted by atomic mass is 10.2. The third-order valence-corrected chi connectivity index (χ3v) is 5.62. The highest BCUT2D eigenvalue weighted by molar-refractivity contribution is 7.91. The number of H-pyrrole nitrogens is 1. The molecule has 0 spiro atoms. The molecule has 1 aromatic heterocycles. The zero-order chi connectivity index (χ0) is 16.6. The van der Waals surface area contributed by atoms with Crippen molar-refractivity contribution in [3.63, 3.8) is 0 Å². The average Bonchev–Trinajstić information content (AvgIpc) is 2.97. The van der Waals surface area contributed by atoms with Gasteiger partial charge in [-0.05, 0) is 31.5 Å². The SMILES string of the molecule is Cc1[nH]n([C@H]2CCS(=O)(=O)C2)c(=O)c1C=Nc1cccc(F)c1. The Hall–Kier alpha value is -2.22. The Balaban J connectivity index is 1.91. The zero-order valence-electron chi connectivity index (χ0n) is 12.5. The molecule has 0 aliphatic carbocycles. The van der Waals surface area contributed by atoms with E-state index in [1.54, 1.807) is 13.0 Å². The van der Waals surface area contributed by atoms with Crippen LogP contribution in [0.2, 0.25) is 0 Å². The summed E-state index contributed by atoms with van der Waals surface area (Å²) in [4.78, 5) is 16.6. The Kier molecular flexibility index (Phi) is 3.93. The van der Waals surface area contributed by atoms with E-state index in [2.05, 4.69) is 10.1 Å². The van der Waals surface area contributed by atoms with Crippen LogP contribution in [0, 0.1) is 12.7 Å². The lowest BCUT2D eigenvalue weighted by Gasteiger charge is -2.07. The number of aliphatic imine (C=N–C) groups is 1. The zero-order valence-corrected chi connectivity index (χ0v) is 13.3. The van der Waals surface area contributed by atoms with Gasteiger partial charge in [0.25, 0.3) is 5.56 Å². The maximum absolute atomic E-state index is 13.1. The fourth-order valence-electron chi connectivity index (χ4n) is 2.67. The van der Waals surface area contributed by atoms with Gasteiger partial charge >= 0.3 is 0 Å². The monoisotopic (exact) mass is 337 g/mol. The number of aryl methyl sites for hydroxylation is 1. The molecule has 23 heavy (non-hydrogen) atoms. The number of sulfone groups is 1. The first-order valence-electron chi connectivity index (χ1n) is 7.17. The summed E-state index contributed by atoms with van der Waals surface area (Å²) in [6.07, 6.45) is 1.80. The summed E-state index contributed by atoms with van der Waals surface area (Å²) in [5.74, 6) is -0.346. The average molecular weight is 337 g/mol. The lowest BCUT2D eigenvalue weighted by molar-refractivity contribution is 0.483. The maximum atomic E-state index is 13.1. The van der Waals surface area contributed by atoms with E-state index in [0.717, 1.165) is 0 Å². The minimum absolute atomic E-state index is 0.0344. The van der Waals surface area contributed by atoms with Gasteiger partial charge in [0.15, 0.2) is 9.84 Å². The van der Waals surface area contributed by atoms with E-state index in [1.165, 1.54) is 29.1 Å². The molecule has 1 N–H and O–H groups in total. The molecule has 3 rings (SSSR count). The fourth-order valence-corrected chi connectivity index (χ4v) is 4.37. The van der Waals surface area contributed by atoms with Gasteiger partial charge in [0.05, 0.1) is 28.8 Å². The predicted molar refractivity (Wildman–Crippen MR) is 85.8 cm³/mol. The molecule has 0 bridgehead atoms. The molecule has 2 aromatic rings. The molecule has 1 aliphatic heterocycles. The molecule has 1 aliphatic rings. The Morgan fingerprint density at radius 1 is 1.43 bits per heavy atom. The standard InChI is InChI=1S/C15H16FN3O3S/c1-10-14(8-17-12-4-2-3-11(16)7-12)15(20)19(18-10)13-5-6-23(21,22)9-13/h2-4,7-8,13,18H,5-6,9H2,1H3/t13-/m0/s1. The second-order valence-electron chi connectivity index (χ2n) is 5.62. The molecular formula is C15H16FN3O3S. The highest BCUT2D eigenvalue weighted by atomic mass is 32.2. The lowest BCUT2D eigenvalue weighted by Crippen LogP contribution is -2.25. The Bertz CT molecular complexity index is 928. The van der Waals surface area contributed by atoms with Crippen molar-refractivity contribution < 1.29 is 12.8 Å². The van der Waals surface area contributed by atoms with Gasteiger partial charge in [0.2, 0.25) is 0 Å². The van der Waals surface area contributed by atoms with Gasteiger partial charge in [-0.25, -0.2) is 17.5 Å². The summed E-state index contributed by atoms with van der Waals surface area (Å²) in [7, 11) is -3.08. The predicted octanol–water partition coefficient (Wildman–Crippen LogP) is 1.73. The van der Waals surface area contributed by atoms with Gasteiger partial charge in [0, 0.05) is 11.9 Å². The minimum atomic E-state index is -3.08. The molecule has 1 atom stereocenters. The summed E-state index contributed by atoms with van der Waals surface area (Å²) in [6, 6.07) is 5.37. The maximum Gasteiger partial charge on any atom is 0.275 e. The first-order chi connectivity index (χ1) is 10.9. The van der Waals surface area contributed by atoms with Crippen LogP contribution in [0.5, 0.6) is 0 Å². The number of hydrogen-bond donors (Lipinski definition) is 1. The van der Waals surface area contributed by atoms with Crippen LogP contribution in [0.3, 0.4) is 0 Å². The quantitative estimate of drug-likeness (QED) is 0.866. The van der Waals surface area contributed by atoms with Crippen LogP contribution in [-0.4, -0.2) is 35.9 Å². The smallest absolute Gasteiger partial charge is 0.275 e. The molecule has 2 heterocycles. The molecule has 0 radical (unpaired) electrons. The molecular weight excluding hydrogens is 321 g/mol. The first-order valence-corrected chi connectivity index (χ1v) is 8.99. The fraction of sp³-hybridized carbons (Fsp3) is 0.333. The largest absolute Gasteiger partial charge is 0.299 e. The number of nitrogens with zero attached hydrogens (tertiary/aromatic N) is 2. The van der Waals surface area contributed by atoms with Crippen molar-refractivity contribution in [3.05, 3.63) is 51.7 Å². The topological polar surface area (TPSA) is 84.3 Å². The van der Waals surface area contributed by atoms with Gasteiger partial charge in [-0.1, -0.05) is 6.07 Å². The highest BCUT2D eigenvalue weighted by Crippen LogP contribution is 2.22. The van der Waals surface area contributed by atoms with E-state index in [9.17, 15) is 17.6 Å². The van der Waals surface area contributed by atoms with Gasteiger partial charge in [0.1, 0.15) is 5.82 Å². The molecule has 6 nitrogen and oxygen atoms in total. The molecule has 1 saturated heterocycles. The molecule has 0 amide bonds. The van der Waals surface area contributed by atoms with Crippen LogP contribution >= 0.6 is 0 Å². The van der Waals surface area contributed by atoms with Crippen LogP contribution in [0.1, 0.15) is 23.7 Å². The van der Waals surface area contributed by atoms with Crippen molar-refractivity contribution in [3.8, 4) is 0 Å². The third-order valence-electron chi connectivity index (χ3n) is 3.87. The molecule has 122 valence electrons. The number of halogens is 1. The summed E-state index contributed by atoms with van der Waals surface area (Å²) in [5, 5.41) is 2.91. The Labute approximate surface area is 132 Å². The molecule has 1 aromatic carbocycles. The number of aromatic nitrogens is 2. The number of hydrogen-bond acceptors (Lipinski definition) is 4. The summed E-state index contributed by atoms with van der Waals surface area (Å²) in [6.45, 7) is 1.72. The van der Waals surface area contributed by atoms with Crippen molar-refractivity contribution >= 4 is 21.7 Å². The minimum Gasteiger partial charge on any atom is -0.299 e. The van der Waals surface area contributed by atoms with Crippen molar-refractivity contribution in [2.24, 2.45) is 4.99 Å². The summed E-state index contributed by atoms with van der Waals surface area (Å²) < 4.78 is 37.6. The third kappa shape index (κ3) is 3.26. The van der Waals surface area contributed by atoms with Crippen LogP contribution in [0.4, 0.5) is 10.1 Å². The van der Waals surface area contributed by atoms with Crippen LogP contribution in [0.25, 0.3) is 0 Å². The van der Waals surface area contributed by atoms with Crippen molar-refractivity contribution in [1.82, 2.24) is 9.78 Å². The molecule has 0 unspecified atom stereocenters. The van der Waals surface area contributed by atoms with Crippen LogP contribution in [0.15, 0.2) is 34.1 Å². The summed E-state index contributed by atoms with van der Waals surface area (Å²) >= 11 is 0. The number of aromatic amines is 1. The Morgan fingerprint density at radius 3 is 2.87 bits per heavy atom. The second kappa shape index (κ2) is 5.77. The number of nitrogens with one attached hydrogen (secondary N) is 1. The van der Waals surface area contributed by atoms with Crippen LogP contribution in [-0.2, 0) is 9.84 Å². The molecule has 1 fully saturated rings. The van der Waals surface area contributed by atoms with Gasteiger partial charge in [-0.15, -0.1) is 0 Å². The molecule has 8 heteroatoms. The first kappa shape index (κ1) is 15.7. The Morgan fingerprint density at radius 2 is 2.22 bits per heavy atom. The number of benzene rings is 1. The van der Waals surface area contributed by atoms with Crippen molar-refractivity contribution in [1.29, 1.82) is 0 Å². The number of rotatable bonds is 3. The molecule has 0 saturated carbocycles. The van der Waals surface area contributed by atoms with Crippen LogP contribution < -0.4 is 5.56 Å². The van der Waals surface area contributed by atoms with Crippen molar-refractivity contribution in [2.75, 3.05) is 11.5 Å². The van der Waals surface area contributed by atoms with E-state index in [4.69, 9.17) is 0 Å².